The van der Waals surface area contributed by atoms with Gasteiger partial charge in [0.05, 0.1) is 30.8 Å². The third-order valence-corrected chi connectivity index (χ3v) is 11.1. The summed E-state index contributed by atoms with van der Waals surface area (Å²) in [6.45, 7) is 17.6. The van der Waals surface area contributed by atoms with Crippen LogP contribution in [-0.4, -0.2) is 83.9 Å². The number of amides is 2. The van der Waals surface area contributed by atoms with Crippen LogP contribution in [0.4, 0.5) is 11.4 Å². The zero-order valence-electron chi connectivity index (χ0n) is 29.6. The molecular formula is C40H53N3O6. The summed E-state index contributed by atoms with van der Waals surface area (Å²) in [6.07, 6.45) is 6.61. The number of likely N-dealkylation sites (tertiary alicyclic amines) is 1. The lowest BCUT2D eigenvalue weighted by Crippen LogP contribution is -2.59. The van der Waals surface area contributed by atoms with Crippen molar-refractivity contribution >= 4 is 29.2 Å². The van der Waals surface area contributed by atoms with Crippen molar-refractivity contribution in [1.29, 1.82) is 0 Å². The lowest BCUT2D eigenvalue weighted by molar-refractivity contribution is -0.162. The Labute approximate surface area is 291 Å². The highest BCUT2D eigenvalue weighted by molar-refractivity contribution is 6.05. The maximum Gasteiger partial charge on any atom is 0.312 e. The molecule has 1 spiro atoms. The third kappa shape index (κ3) is 6.55. The van der Waals surface area contributed by atoms with Crippen LogP contribution in [0, 0.1) is 17.8 Å². The maximum absolute atomic E-state index is 15.2. The third-order valence-electron chi connectivity index (χ3n) is 11.1. The van der Waals surface area contributed by atoms with E-state index in [1.165, 1.54) is 0 Å². The van der Waals surface area contributed by atoms with Crippen LogP contribution >= 0.6 is 0 Å². The summed E-state index contributed by atoms with van der Waals surface area (Å²) in [5.74, 6) is -3.10. The zero-order chi connectivity index (χ0) is 35.3. The van der Waals surface area contributed by atoms with Crippen molar-refractivity contribution in [2.75, 3.05) is 42.6 Å². The van der Waals surface area contributed by atoms with Crippen molar-refractivity contribution in [2.45, 2.75) is 83.1 Å². The average Bonchev–Trinajstić information content (AvgIpc) is 3.63. The smallest absolute Gasteiger partial charge is 0.312 e. The Morgan fingerprint density at radius 2 is 1.73 bits per heavy atom. The number of nitrogens with zero attached hydrogens (tertiary/aromatic N) is 3. The molecule has 49 heavy (non-hydrogen) atoms. The summed E-state index contributed by atoms with van der Waals surface area (Å²) in [5.41, 5.74) is 0.362. The first kappa shape index (κ1) is 36.3. The number of carbonyl (C=O) groups is 3. The van der Waals surface area contributed by atoms with E-state index in [9.17, 15) is 14.7 Å². The van der Waals surface area contributed by atoms with Crippen LogP contribution in [0.3, 0.4) is 0 Å². The van der Waals surface area contributed by atoms with Gasteiger partial charge in [-0.3, -0.25) is 14.4 Å². The van der Waals surface area contributed by atoms with E-state index in [2.05, 4.69) is 31.9 Å². The Morgan fingerprint density at radius 1 is 1.06 bits per heavy atom. The van der Waals surface area contributed by atoms with Crippen molar-refractivity contribution in [3.63, 3.8) is 0 Å². The Hall–Kier alpha value is -3.95. The number of anilines is 2. The summed E-state index contributed by atoms with van der Waals surface area (Å²) in [5, 5.41) is 10.9. The second-order valence-corrected chi connectivity index (χ2v) is 13.9. The number of hydrogen-bond acceptors (Lipinski definition) is 7. The lowest BCUT2D eigenvalue weighted by Gasteiger charge is -2.39. The first-order chi connectivity index (χ1) is 23.6. The number of aliphatic hydroxyl groups excluding tert-OH is 1. The number of unbranched alkanes of at least 4 members (excludes halogenated alkanes) is 2. The predicted octanol–water partition coefficient (Wildman–Crippen LogP) is 5.57. The Morgan fingerprint density at radius 3 is 2.35 bits per heavy atom. The summed E-state index contributed by atoms with van der Waals surface area (Å²) < 4.78 is 12.8. The molecule has 0 saturated carbocycles. The largest absolute Gasteiger partial charge is 0.465 e. The molecule has 264 valence electrons. The zero-order valence-corrected chi connectivity index (χ0v) is 29.6. The van der Waals surface area contributed by atoms with E-state index < -0.39 is 41.1 Å². The standard InChI is InChI=1S/C40H53N3O6/c1-7-11-12-16-24-48-38(47)34-33-36(45)43(32(27-44)25-29-17-14-13-15-18-29)35(40(33)26-28(5)39(34,6)49-40)37(46)42(23-8-2)31-21-19-30(20-22-31)41(9-3)10-4/h7-8,13-15,17-22,28,32-35,44H,1-2,9-12,16,23-27H2,3-6H3/t28?,32-,33+,34-,35?,39+,40?/m1/s1. The first-order valence-electron chi connectivity index (χ1n) is 17.8. The van der Waals surface area contributed by atoms with Crippen LogP contribution in [0.2, 0.25) is 0 Å². The van der Waals surface area contributed by atoms with Gasteiger partial charge < -0.3 is 29.3 Å². The van der Waals surface area contributed by atoms with Crippen molar-refractivity contribution in [1.82, 2.24) is 4.90 Å². The summed E-state index contributed by atoms with van der Waals surface area (Å²) >= 11 is 0. The van der Waals surface area contributed by atoms with Crippen molar-refractivity contribution in [3.05, 3.63) is 85.5 Å². The van der Waals surface area contributed by atoms with Crippen molar-refractivity contribution in [2.24, 2.45) is 17.8 Å². The number of ether oxygens (including phenoxy) is 2. The molecule has 2 aromatic carbocycles. The number of benzene rings is 2. The van der Waals surface area contributed by atoms with Crippen LogP contribution in [0.25, 0.3) is 0 Å². The molecule has 2 aromatic rings. The van der Waals surface area contributed by atoms with E-state index in [4.69, 9.17) is 9.47 Å². The Kier molecular flexibility index (Phi) is 11.3. The molecule has 7 atom stereocenters. The van der Waals surface area contributed by atoms with Gasteiger partial charge in [0.2, 0.25) is 5.91 Å². The molecule has 3 aliphatic rings. The average molecular weight is 672 g/mol. The van der Waals surface area contributed by atoms with Gasteiger partial charge in [-0.05, 0) is 88.6 Å². The molecule has 2 bridgehead atoms. The summed E-state index contributed by atoms with van der Waals surface area (Å²) in [4.78, 5) is 49.4. The normalized spacial score (nSPS) is 27.4. The number of carbonyl (C=O) groups excluding carboxylic acids is 3. The van der Waals surface area contributed by atoms with E-state index >= 15 is 4.79 Å². The number of aliphatic hydroxyl groups is 1. The van der Waals surface area contributed by atoms with E-state index in [1.807, 2.05) is 74.5 Å². The highest BCUT2D eigenvalue weighted by Gasteiger charge is 2.80. The SMILES string of the molecule is C=CCCCCOC(=O)[C@H]1[C@H]2C(=O)N([C@@H](CO)Cc3ccccc3)C(C(=O)N(CC=C)c3ccc(N(CC)CC)cc3)C23CC(C)[C@]1(C)O3. The summed E-state index contributed by atoms with van der Waals surface area (Å²) in [6, 6.07) is 15.7. The topological polar surface area (TPSA) is 99.6 Å². The molecule has 1 N–H and O–H groups in total. The second-order valence-electron chi connectivity index (χ2n) is 13.9. The fourth-order valence-electron chi connectivity index (χ4n) is 8.53. The van der Waals surface area contributed by atoms with E-state index in [-0.39, 0.29) is 37.5 Å². The molecule has 9 nitrogen and oxygen atoms in total. The quantitative estimate of drug-likeness (QED) is 0.134. The number of hydrogen-bond donors (Lipinski definition) is 1. The molecule has 2 amide bonds. The fourth-order valence-corrected chi connectivity index (χ4v) is 8.53. The molecule has 0 aromatic heterocycles. The maximum atomic E-state index is 15.2. The number of allylic oxidation sites excluding steroid dienone is 1. The van der Waals surface area contributed by atoms with E-state index in [1.54, 1.807) is 15.9 Å². The fraction of sp³-hybridized carbons (Fsp3) is 0.525. The molecule has 3 unspecified atom stereocenters. The van der Waals surface area contributed by atoms with Gasteiger partial charge in [-0.1, -0.05) is 49.4 Å². The van der Waals surface area contributed by atoms with Gasteiger partial charge in [0.25, 0.3) is 5.91 Å². The first-order valence-corrected chi connectivity index (χ1v) is 17.8. The van der Waals surface area contributed by atoms with E-state index in [0.717, 1.165) is 37.2 Å². The van der Waals surface area contributed by atoms with Gasteiger partial charge in [-0.15, -0.1) is 13.2 Å². The van der Waals surface area contributed by atoms with E-state index in [0.29, 0.717) is 24.9 Å². The van der Waals surface area contributed by atoms with Gasteiger partial charge in [0.1, 0.15) is 17.6 Å². The summed E-state index contributed by atoms with van der Waals surface area (Å²) in [7, 11) is 0. The molecule has 3 aliphatic heterocycles. The molecule has 5 rings (SSSR count). The second kappa shape index (κ2) is 15.3. The van der Waals surface area contributed by atoms with Crippen LogP contribution in [0.5, 0.6) is 0 Å². The number of rotatable bonds is 17. The Balaban J connectivity index is 1.57. The van der Waals surface area contributed by atoms with Crippen molar-refractivity contribution in [3.8, 4) is 0 Å². The minimum atomic E-state index is -1.28. The minimum absolute atomic E-state index is 0.131. The molecular weight excluding hydrogens is 618 g/mol. The molecule has 3 fully saturated rings. The Bertz CT molecular complexity index is 1490. The van der Waals surface area contributed by atoms with Crippen LogP contribution in [0.1, 0.15) is 58.9 Å². The molecule has 3 saturated heterocycles. The number of fused-ring (bicyclic) bond motifs is 1. The highest BCUT2D eigenvalue weighted by Crippen LogP contribution is 2.65. The number of esters is 1. The van der Waals surface area contributed by atoms with Gasteiger partial charge in [-0.25, -0.2) is 0 Å². The van der Waals surface area contributed by atoms with Gasteiger partial charge in [0, 0.05) is 31.0 Å². The van der Waals surface area contributed by atoms with Crippen LogP contribution in [0.15, 0.2) is 79.9 Å². The van der Waals surface area contributed by atoms with Gasteiger partial charge in [-0.2, -0.15) is 0 Å². The monoisotopic (exact) mass is 671 g/mol. The molecule has 9 heteroatoms. The van der Waals surface area contributed by atoms with Gasteiger partial charge >= 0.3 is 5.97 Å². The lowest BCUT2D eigenvalue weighted by atomic mass is 9.62. The van der Waals surface area contributed by atoms with Crippen LogP contribution in [-0.2, 0) is 30.3 Å². The molecule has 0 aliphatic carbocycles. The minimum Gasteiger partial charge on any atom is -0.465 e. The van der Waals surface area contributed by atoms with Crippen molar-refractivity contribution < 1.29 is 29.0 Å². The highest BCUT2D eigenvalue weighted by atomic mass is 16.6. The van der Waals surface area contributed by atoms with Gasteiger partial charge in [0.15, 0.2) is 0 Å². The predicted molar refractivity (Wildman–Crippen MR) is 192 cm³/mol. The van der Waals surface area contributed by atoms with Crippen LogP contribution < -0.4 is 9.80 Å². The molecule has 3 heterocycles. The molecule has 0 radical (unpaired) electrons.